The number of unbranched alkanes of at least 4 members (excludes halogenated alkanes) is 6. The molecule has 0 aliphatic heterocycles. The predicted octanol–water partition coefficient (Wildman–Crippen LogP) is 6.17. The third-order valence-electron chi connectivity index (χ3n) is 3.67. The maximum absolute atomic E-state index is 4.27. The second-order valence-electron chi connectivity index (χ2n) is 5.31. The lowest BCUT2D eigenvalue weighted by molar-refractivity contribution is 0.501. The second kappa shape index (κ2) is 10.5. The van der Waals surface area contributed by atoms with Gasteiger partial charge in [0.15, 0.2) is 0 Å². The maximum atomic E-state index is 4.27. The zero-order chi connectivity index (χ0) is 13.1. The van der Waals surface area contributed by atoms with Crippen LogP contribution in [0.4, 0.5) is 0 Å². The van der Waals surface area contributed by atoms with Crippen molar-refractivity contribution in [1.82, 2.24) is 4.37 Å². The van der Waals surface area contributed by atoms with E-state index in [0.717, 1.165) is 5.92 Å². The van der Waals surface area contributed by atoms with Gasteiger partial charge in [-0.2, -0.15) is 0 Å². The van der Waals surface area contributed by atoms with Crippen LogP contribution in [0, 0.1) is 0 Å². The zero-order valence-corrected chi connectivity index (χ0v) is 13.0. The van der Waals surface area contributed by atoms with Crippen molar-refractivity contribution in [3.05, 3.63) is 17.1 Å². The molecule has 0 aliphatic carbocycles. The molecule has 0 aliphatic rings. The standard InChI is InChI=1S/C16H29NS/c1-3-5-7-9-11-15(12-10-8-6-4-2)16-13-14-17-18-16/h13-15H,3-12H2,1-2H3. The van der Waals surface area contributed by atoms with E-state index in [9.17, 15) is 0 Å². The summed E-state index contributed by atoms with van der Waals surface area (Å²) < 4.78 is 4.27. The van der Waals surface area contributed by atoms with E-state index >= 15 is 0 Å². The Bertz CT molecular complexity index is 257. The minimum Gasteiger partial charge on any atom is -0.201 e. The van der Waals surface area contributed by atoms with Gasteiger partial charge in [-0.25, -0.2) is 4.37 Å². The quantitative estimate of drug-likeness (QED) is 0.437. The number of hydrogen-bond acceptors (Lipinski definition) is 2. The first-order chi connectivity index (χ1) is 8.88. The average molecular weight is 267 g/mol. The minimum atomic E-state index is 0.784. The molecule has 18 heavy (non-hydrogen) atoms. The fourth-order valence-corrected chi connectivity index (χ4v) is 3.25. The molecule has 0 N–H and O–H groups in total. The summed E-state index contributed by atoms with van der Waals surface area (Å²) in [5.74, 6) is 0.784. The van der Waals surface area contributed by atoms with Gasteiger partial charge in [0.2, 0.25) is 0 Å². The Morgan fingerprint density at radius 1 is 0.944 bits per heavy atom. The molecule has 1 aromatic heterocycles. The molecular formula is C16H29NS. The molecule has 0 spiro atoms. The van der Waals surface area contributed by atoms with Gasteiger partial charge >= 0.3 is 0 Å². The van der Waals surface area contributed by atoms with E-state index in [1.807, 2.05) is 6.20 Å². The van der Waals surface area contributed by atoms with Crippen LogP contribution in [0.1, 0.15) is 88.9 Å². The maximum Gasteiger partial charge on any atom is 0.0409 e. The van der Waals surface area contributed by atoms with Crippen molar-refractivity contribution in [2.45, 2.75) is 84.0 Å². The van der Waals surface area contributed by atoms with Crippen molar-refractivity contribution in [1.29, 1.82) is 0 Å². The topological polar surface area (TPSA) is 12.9 Å². The van der Waals surface area contributed by atoms with Crippen molar-refractivity contribution in [2.24, 2.45) is 0 Å². The van der Waals surface area contributed by atoms with Gasteiger partial charge in [-0.3, -0.25) is 0 Å². The van der Waals surface area contributed by atoms with Gasteiger partial charge in [-0.15, -0.1) is 0 Å². The lowest BCUT2D eigenvalue weighted by Crippen LogP contribution is -1.97. The van der Waals surface area contributed by atoms with Crippen molar-refractivity contribution >= 4 is 11.5 Å². The summed E-state index contributed by atoms with van der Waals surface area (Å²) in [5.41, 5.74) is 0. The van der Waals surface area contributed by atoms with Gasteiger partial charge in [-0.05, 0) is 36.4 Å². The first kappa shape index (κ1) is 15.7. The molecule has 0 saturated carbocycles. The Morgan fingerprint density at radius 2 is 1.56 bits per heavy atom. The van der Waals surface area contributed by atoms with Crippen LogP contribution >= 0.6 is 11.5 Å². The van der Waals surface area contributed by atoms with Gasteiger partial charge in [0, 0.05) is 11.1 Å². The fourth-order valence-electron chi connectivity index (χ4n) is 2.50. The molecule has 0 unspecified atom stereocenters. The van der Waals surface area contributed by atoms with Gasteiger partial charge < -0.3 is 0 Å². The van der Waals surface area contributed by atoms with Crippen LogP contribution in [0.25, 0.3) is 0 Å². The van der Waals surface area contributed by atoms with E-state index in [1.54, 1.807) is 11.5 Å². The summed E-state index contributed by atoms with van der Waals surface area (Å²) in [7, 11) is 0. The van der Waals surface area contributed by atoms with E-state index in [-0.39, 0.29) is 0 Å². The van der Waals surface area contributed by atoms with E-state index < -0.39 is 0 Å². The summed E-state index contributed by atoms with van der Waals surface area (Å²) in [5, 5.41) is 0. The largest absolute Gasteiger partial charge is 0.201 e. The van der Waals surface area contributed by atoms with E-state index in [4.69, 9.17) is 0 Å². The van der Waals surface area contributed by atoms with E-state index in [0.29, 0.717) is 0 Å². The molecule has 0 bridgehead atoms. The van der Waals surface area contributed by atoms with Gasteiger partial charge in [-0.1, -0.05) is 65.2 Å². The molecule has 0 atom stereocenters. The molecule has 1 nitrogen and oxygen atoms in total. The summed E-state index contributed by atoms with van der Waals surface area (Å²) in [4.78, 5) is 1.52. The van der Waals surface area contributed by atoms with Gasteiger partial charge in [0.1, 0.15) is 0 Å². The first-order valence-corrected chi connectivity index (χ1v) is 8.56. The molecule has 0 aromatic carbocycles. The van der Waals surface area contributed by atoms with Crippen LogP contribution in [0.5, 0.6) is 0 Å². The lowest BCUT2D eigenvalue weighted by atomic mass is 9.93. The fraction of sp³-hybridized carbons (Fsp3) is 0.812. The van der Waals surface area contributed by atoms with Crippen LogP contribution < -0.4 is 0 Å². The molecular weight excluding hydrogens is 238 g/mol. The summed E-state index contributed by atoms with van der Waals surface area (Å²) in [6, 6.07) is 2.23. The van der Waals surface area contributed by atoms with Crippen LogP contribution in [0.15, 0.2) is 12.3 Å². The number of rotatable bonds is 11. The molecule has 104 valence electrons. The van der Waals surface area contributed by atoms with Crippen LogP contribution in [-0.2, 0) is 0 Å². The summed E-state index contributed by atoms with van der Waals surface area (Å²) >= 11 is 1.71. The number of nitrogens with zero attached hydrogens (tertiary/aromatic N) is 1. The van der Waals surface area contributed by atoms with E-state index in [1.165, 1.54) is 69.1 Å². The van der Waals surface area contributed by atoms with Gasteiger partial charge in [0.25, 0.3) is 0 Å². The molecule has 0 fully saturated rings. The van der Waals surface area contributed by atoms with Crippen LogP contribution in [-0.4, -0.2) is 4.37 Å². The highest BCUT2D eigenvalue weighted by Gasteiger charge is 2.12. The molecule has 2 heteroatoms. The summed E-state index contributed by atoms with van der Waals surface area (Å²) in [6.07, 6.45) is 15.8. The molecule has 1 aromatic rings. The highest BCUT2D eigenvalue weighted by molar-refractivity contribution is 7.05. The Kier molecular flexibility index (Phi) is 9.19. The van der Waals surface area contributed by atoms with Crippen LogP contribution in [0.2, 0.25) is 0 Å². The van der Waals surface area contributed by atoms with E-state index in [2.05, 4.69) is 24.3 Å². The van der Waals surface area contributed by atoms with Gasteiger partial charge in [0.05, 0.1) is 0 Å². The third kappa shape index (κ3) is 6.53. The van der Waals surface area contributed by atoms with Crippen molar-refractivity contribution in [2.75, 3.05) is 0 Å². The first-order valence-electron chi connectivity index (χ1n) is 7.79. The highest BCUT2D eigenvalue weighted by Crippen LogP contribution is 2.30. The average Bonchev–Trinajstić information content (AvgIpc) is 2.91. The monoisotopic (exact) mass is 267 g/mol. The zero-order valence-electron chi connectivity index (χ0n) is 12.2. The molecule has 0 radical (unpaired) electrons. The van der Waals surface area contributed by atoms with Crippen LogP contribution in [0.3, 0.4) is 0 Å². The SMILES string of the molecule is CCCCCCC(CCCCCC)c1ccns1. The molecule has 0 saturated heterocycles. The smallest absolute Gasteiger partial charge is 0.0409 e. The van der Waals surface area contributed by atoms with Crippen molar-refractivity contribution in [3.8, 4) is 0 Å². The molecule has 0 amide bonds. The van der Waals surface area contributed by atoms with Crippen molar-refractivity contribution in [3.63, 3.8) is 0 Å². The second-order valence-corrected chi connectivity index (χ2v) is 6.18. The summed E-state index contributed by atoms with van der Waals surface area (Å²) in [6.45, 7) is 4.57. The normalized spacial score (nSPS) is 11.3. The Hall–Kier alpha value is -0.370. The Morgan fingerprint density at radius 3 is 2.00 bits per heavy atom. The lowest BCUT2D eigenvalue weighted by Gasteiger charge is -2.14. The predicted molar refractivity (Wildman–Crippen MR) is 82.4 cm³/mol. The molecule has 1 heterocycles. The third-order valence-corrected chi connectivity index (χ3v) is 4.58. The Labute approximate surface area is 117 Å². The Balaban J connectivity index is 2.29. The minimum absolute atomic E-state index is 0.784. The number of hydrogen-bond donors (Lipinski definition) is 0. The molecule has 1 rings (SSSR count). The number of aromatic nitrogens is 1. The van der Waals surface area contributed by atoms with Crippen molar-refractivity contribution < 1.29 is 0 Å². The highest BCUT2D eigenvalue weighted by atomic mass is 32.1.